The van der Waals surface area contributed by atoms with Crippen LogP contribution in [-0.4, -0.2) is 26.8 Å². The molecule has 3 N–H and O–H groups in total. The van der Waals surface area contributed by atoms with E-state index in [4.69, 9.17) is 5.73 Å². The van der Waals surface area contributed by atoms with E-state index in [1.54, 1.807) is 13.2 Å². The molecule has 0 saturated heterocycles. The molecule has 7 nitrogen and oxygen atoms in total. The van der Waals surface area contributed by atoms with E-state index in [9.17, 15) is 10.1 Å². The molecule has 0 spiro atoms. The quantitative estimate of drug-likeness (QED) is 0.603. The summed E-state index contributed by atoms with van der Waals surface area (Å²) in [5, 5.41) is 18.0. The third kappa shape index (κ3) is 2.11. The number of nitrogens with one attached hydrogen (secondary N) is 1. The molecule has 0 amide bonds. The maximum atomic E-state index is 10.8. The Bertz CT molecular complexity index is 468. The van der Waals surface area contributed by atoms with E-state index < -0.39 is 4.92 Å². The molecular formula is C11H19N5O2. The van der Waals surface area contributed by atoms with Gasteiger partial charge in [0.2, 0.25) is 0 Å². The number of aromatic nitrogens is 2. The van der Waals surface area contributed by atoms with Gasteiger partial charge >= 0.3 is 5.82 Å². The smallest absolute Gasteiger partial charge is 0.358 e. The molecule has 1 aliphatic carbocycles. The van der Waals surface area contributed by atoms with Crippen LogP contribution in [0.5, 0.6) is 0 Å². The number of rotatable bonds is 4. The fourth-order valence-corrected chi connectivity index (χ4v) is 2.34. The molecule has 1 aromatic rings. The molecule has 0 bridgehead atoms. The summed E-state index contributed by atoms with van der Waals surface area (Å²) in [7, 11) is 1.68. The Hall–Kier alpha value is -1.47. The van der Waals surface area contributed by atoms with Crippen LogP contribution in [0.2, 0.25) is 0 Å². The minimum absolute atomic E-state index is 0.0387. The van der Waals surface area contributed by atoms with Crippen molar-refractivity contribution < 1.29 is 4.92 Å². The molecule has 18 heavy (non-hydrogen) atoms. The summed E-state index contributed by atoms with van der Waals surface area (Å²) in [5.74, 6) is -0.0774. The van der Waals surface area contributed by atoms with Crippen LogP contribution in [0.25, 0.3) is 0 Å². The molecule has 1 saturated carbocycles. The predicted molar refractivity (Wildman–Crippen MR) is 66.9 cm³/mol. The van der Waals surface area contributed by atoms with Crippen molar-refractivity contribution in [1.29, 1.82) is 0 Å². The van der Waals surface area contributed by atoms with Gasteiger partial charge in [-0.3, -0.25) is 0 Å². The van der Waals surface area contributed by atoms with Gasteiger partial charge in [0, 0.05) is 18.6 Å². The van der Waals surface area contributed by atoms with E-state index in [0.717, 1.165) is 6.42 Å². The summed E-state index contributed by atoms with van der Waals surface area (Å²) < 4.78 is 1.47. The van der Waals surface area contributed by atoms with Gasteiger partial charge in [0.1, 0.15) is 0 Å². The normalized spacial score (nSPS) is 25.8. The molecule has 1 aliphatic rings. The highest BCUT2D eigenvalue weighted by atomic mass is 16.6. The van der Waals surface area contributed by atoms with Crippen LogP contribution in [0.15, 0.2) is 6.20 Å². The van der Waals surface area contributed by atoms with Crippen LogP contribution < -0.4 is 11.1 Å². The van der Waals surface area contributed by atoms with Crippen molar-refractivity contribution in [3.63, 3.8) is 0 Å². The molecule has 7 heteroatoms. The second-order valence-corrected chi connectivity index (χ2v) is 5.51. The van der Waals surface area contributed by atoms with E-state index in [1.807, 2.05) is 0 Å². The van der Waals surface area contributed by atoms with Crippen molar-refractivity contribution in [1.82, 2.24) is 15.1 Å². The van der Waals surface area contributed by atoms with Crippen LogP contribution in [0.1, 0.15) is 25.8 Å². The number of nitrogens with zero attached hydrogens (tertiary/aromatic N) is 3. The lowest BCUT2D eigenvalue weighted by atomic mass is 9.63. The monoisotopic (exact) mass is 253 g/mol. The van der Waals surface area contributed by atoms with Crippen molar-refractivity contribution >= 4 is 5.82 Å². The topological polar surface area (TPSA) is 99.0 Å². The first-order valence-corrected chi connectivity index (χ1v) is 5.98. The highest BCUT2D eigenvalue weighted by Gasteiger charge is 2.45. The fourth-order valence-electron chi connectivity index (χ4n) is 2.34. The number of aryl methyl sites for hydroxylation is 1. The molecule has 2 rings (SSSR count). The van der Waals surface area contributed by atoms with Gasteiger partial charge in [-0.05, 0) is 16.8 Å². The van der Waals surface area contributed by atoms with Crippen LogP contribution in [0.3, 0.4) is 0 Å². The van der Waals surface area contributed by atoms with E-state index in [-0.39, 0.29) is 17.3 Å². The summed E-state index contributed by atoms with van der Waals surface area (Å²) in [5.41, 5.74) is 6.58. The van der Waals surface area contributed by atoms with Gasteiger partial charge in [0.25, 0.3) is 0 Å². The fraction of sp³-hybridized carbons (Fsp3) is 0.727. The van der Waals surface area contributed by atoms with Crippen molar-refractivity contribution in [2.45, 2.75) is 38.9 Å². The van der Waals surface area contributed by atoms with Crippen LogP contribution in [-0.2, 0) is 13.6 Å². The molecule has 0 aromatic carbocycles. The Balaban J connectivity index is 2.01. The number of hydrogen-bond donors (Lipinski definition) is 2. The summed E-state index contributed by atoms with van der Waals surface area (Å²) in [4.78, 5) is 10.4. The average Bonchev–Trinajstić information content (AvgIpc) is 2.65. The van der Waals surface area contributed by atoms with Gasteiger partial charge in [-0.15, -0.1) is 0 Å². The molecule has 1 aromatic heterocycles. The second-order valence-electron chi connectivity index (χ2n) is 5.51. The Morgan fingerprint density at radius 3 is 2.89 bits per heavy atom. The maximum absolute atomic E-state index is 10.8. The van der Waals surface area contributed by atoms with E-state index >= 15 is 0 Å². The molecule has 1 fully saturated rings. The first-order chi connectivity index (χ1) is 8.32. The highest BCUT2D eigenvalue weighted by Crippen LogP contribution is 2.39. The zero-order valence-electron chi connectivity index (χ0n) is 10.9. The summed E-state index contributed by atoms with van der Waals surface area (Å²) in [6, 6.07) is 0.492. The first-order valence-electron chi connectivity index (χ1n) is 5.98. The van der Waals surface area contributed by atoms with Crippen LogP contribution in [0.4, 0.5) is 5.82 Å². The minimum Gasteiger partial charge on any atom is -0.358 e. The lowest BCUT2D eigenvalue weighted by molar-refractivity contribution is -0.390. The lowest BCUT2D eigenvalue weighted by Crippen LogP contribution is -2.63. The number of hydrogen-bond acceptors (Lipinski definition) is 5. The molecule has 2 atom stereocenters. The number of nitro groups is 1. The maximum Gasteiger partial charge on any atom is 0.394 e. The van der Waals surface area contributed by atoms with Gasteiger partial charge in [-0.25, -0.2) is 0 Å². The summed E-state index contributed by atoms with van der Waals surface area (Å²) in [6.07, 6.45) is 2.58. The Morgan fingerprint density at radius 1 is 1.72 bits per heavy atom. The Morgan fingerprint density at radius 2 is 2.39 bits per heavy atom. The van der Waals surface area contributed by atoms with Gasteiger partial charge in [0.15, 0.2) is 0 Å². The van der Waals surface area contributed by atoms with Crippen molar-refractivity contribution in [2.24, 2.45) is 18.2 Å². The average molecular weight is 253 g/mol. The van der Waals surface area contributed by atoms with E-state index in [1.165, 1.54) is 4.68 Å². The van der Waals surface area contributed by atoms with Crippen LogP contribution >= 0.6 is 0 Å². The predicted octanol–water partition coefficient (Wildman–Crippen LogP) is 0.544. The SMILES string of the molecule is Cn1cc(CNC2CC(N)C2(C)C)c([N+](=O)[O-])n1. The van der Waals surface area contributed by atoms with Gasteiger partial charge < -0.3 is 21.2 Å². The Labute approximate surface area is 105 Å². The zero-order valence-corrected chi connectivity index (χ0v) is 10.9. The molecule has 100 valence electrons. The third-order valence-electron chi connectivity index (χ3n) is 3.94. The van der Waals surface area contributed by atoms with Crippen LogP contribution in [0, 0.1) is 15.5 Å². The molecule has 0 radical (unpaired) electrons. The summed E-state index contributed by atoms with van der Waals surface area (Å²) >= 11 is 0. The molecule has 2 unspecified atom stereocenters. The molecule has 1 heterocycles. The van der Waals surface area contributed by atoms with E-state index in [2.05, 4.69) is 24.3 Å². The first kappa shape index (κ1) is 13.0. The number of nitrogens with two attached hydrogens (primary N) is 1. The standard InChI is InChI=1S/C11H19N5O2/c1-11(2)8(12)4-9(11)13-5-7-6-15(3)14-10(7)16(17)18/h6,8-9,13H,4-5,12H2,1-3H3. The summed E-state index contributed by atoms with van der Waals surface area (Å²) in [6.45, 7) is 4.66. The molecule has 0 aliphatic heterocycles. The van der Waals surface area contributed by atoms with Crippen molar-refractivity contribution in [2.75, 3.05) is 0 Å². The molecular weight excluding hydrogens is 234 g/mol. The van der Waals surface area contributed by atoms with E-state index in [0.29, 0.717) is 18.2 Å². The Kier molecular flexibility index (Phi) is 3.12. The minimum atomic E-state index is -0.450. The van der Waals surface area contributed by atoms with Crippen molar-refractivity contribution in [3.8, 4) is 0 Å². The highest BCUT2D eigenvalue weighted by molar-refractivity contribution is 5.30. The second kappa shape index (κ2) is 4.33. The van der Waals surface area contributed by atoms with Gasteiger partial charge in [0.05, 0.1) is 23.9 Å². The lowest BCUT2D eigenvalue weighted by Gasteiger charge is -2.50. The van der Waals surface area contributed by atoms with Crippen molar-refractivity contribution in [3.05, 3.63) is 21.9 Å². The zero-order chi connectivity index (χ0) is 13.5. The largest absolute Gasteiger partial charge is 0.394 e. The van der Waals surface area contributed by atoms with Gasteiger partial charge in [-0.1, -0.05) is 13.8 Å². The van der Waals surface area contributed by atoms with Gasteiger partial charge in [-0.2, -0.15) is 4.68 Å². The third-order valence-corrected chi connectivity index (χ3v) is 3.94.